The molecule has 2 heterocycles. The number of nitrogens with one attached hydrogen (secondary N) is 1. The average molecular weight is 503 g/mol. The van der Waals surface area contributed by atoms with Crippen molar-refractivity contribution in [2.75, 3.05) is 52.4 Å². The van der Waals surface area contributed by atoms with Gasteiger partial charge in [-0.3, -0.25) is 14.7 Å². The maximum atomic E-state index is 12.7. The van der Waals surface area contributed by atoms with E-state index in [4.69, 9.17) is 4.99 Å². The van der Waals surface area contributed by atoms with E-state index >= 15 is 0 Å². The van der Waals surface area contributed by atoms with Gasteiger partial charge < -0.3 is 15.1 Å². The third-order valence-corrected chi connectivity index (χ3v) is 6.10. The number of piperazine rings is 1. The molecule has 2 saturated heterocycles. The van der Waals surface area contributed by atoms with E-state index in [1.807, 2.05) is 4.90 Å². The molecule has 3 rings (SSSR count). The molecule has 2 fully saturated rings. The molecule has 1 atom stereocenters. The molecule has 1 aliphatic carbocycles. The number of carbonyl (C=O) groups excluding carboxylic acids is 1. The molecule has 1 N–H and O–H groups in total. The summed E-state index contributed by atoms with van der Waals surface area (Å²) in [4.78, 5) is 24.3. The SMILES string of the molecule is CCNC(=NCCC1=CCCC1)N1CCN(C(C)C(=O)N2CCCC2)CC1.I. The Bertz CT molecular complexity index is 551. The summed E-state index contributed by atoms with van der Waals surface area (Å²) < 4.78 is 0. The molecule has 1 unspecified atom stereocenters. The van der Waals surface area contributed by atoms with Crippen molar-refractivity contribution in [2.24, 2.45) is 4.99 Å². The highest BCUT2D eigenvalue weighted by Crippen LogP contribution is 2.20. The molecule has 28 heavy (non-hydrogen) atoms. The molecule has 0 aromatic heterocycles. The van der Waals surface area contributed by atoms with Crippen LogP contribution in [0.4, 0.5) is 0 Å². The number of rotatable bonds is 6. The van der Waals surface area contributed by atoms with Crippen LogP contribution in [0.1, 0.15) is 52.4 Å². The minimum atomic E-state index is -0.000855. The van der Waals surface area contributed by atoms with Crippen LogP contribution >= 0.6 is 24.0 Å². The highest BCUT2D eigenvalue weighted by Gasteiger charge is 2.30. The Kier molecular flexibility index (Phi) is 10.0. The number of hydrogen-bond acceptors (Lipinski definition) is 3. The molecule has 1 amide bonds. The van der Waals surface area contributed by atoms with Gasteiger partial charge in [0.15, 0.2) is 5.96 Å². The molecule has 160 valence electrons. The van der Waals surface area contributed by atoms with Crippen LogP contribution in [0.3, 0.4) is 0 Å². The Morgan fingerprint density at radius 2 is 1.82 bits per heavy atom. The zero-order chi connectivity index (χ0) is 19.1. The summed E-state index contributed by atoms with van der Waals surface area (Å²) in [5, 5.41) is 3.45. The van der Waals surface area contributed by atoms with Gasteiger partial charge in [0.25, 0.3) is 0 Å². The quantitative estimate of drug-likeness (QED) is 0.262. The van der Waals surface area contributed by atoms with Gasteiger partial charge in [0, 0.05) is 52.4 Å². The molecule has 0 saturated carbocycles. The largest absolute Gasteiger partial charge is 0.357 e. The van der Waals surface area contributed by atoms with Gasteiger partial charge in [-0.1, -0.05) is 11.6 Å². The van der Waals surface area contributed by atoms with E-state index in [9.17, 15) is 4.79 Å². The summed E-state index contributed by atoms with van der Waals surface area (Å²) in [5.74, 6) is 1.35. The number of nitrogens with zero attached hydrogens (tertiary/aromatic N) is 4. The zero-order valence-electron chi connectivity index (χ0n) is 17.7. The average Bonchev–Trinajstić information content (AvgIpc) is 3.40. The summed E-state index contributed by atoms with van der Waals surface area (Å²) in [6.45, 7) is 11.6. The highest BCUT2D eigenvalue weighted by atomic mass is 127. The van der Waals surface area contributed by atoms with E-state index in [1.165, 1.54) is 19.3 Å². The lowest BCUT2D eigenvalue weighted by atomic mass is 10.2. The Morgan fingerprint density at radius 3 is 2.43 bits per heavy atom. The van der Waals surface area contributed by atoms with Crippen LogP contribution in [0, 0.1) is 0 Å². The molecule has 7 heteroatoms. The van der Waals surface area contributed by atoms with Crippen molar-refractivity contribution in [3.63, 3.8) is 0 Å². The Balaban J connectivity index is 0.00000280. The molecule has 0 aromatic rings. The van der Waals surface area contributed by atoms with Crippen LogP contribution in [-0.2, 0) is 4.79 Å². The first-order valence-electron chi connectivity index (χ1n) is 10.9. The fourth-order valence-corrected chi connectivity index (χ4v) is 4.37. The minimum Gasteiger partial charge on any atom is -0.357 e. The summed E-state index contributed by atoms with van der Waals surface area (Å²) in [6.07, 6.45) is 9.62. The monoisotopic (exact) mass is 503 g/mol. The predicted octanol–water partition coefficient (Wildman–Crippen LogP) is 2.70. The van der Waals surface area contributed by atoms with Gasteiger partial charge in [-0.15, -0.1) is 24.0 Å². The topological polar surface area (TPSA) is 51.2 Å². The Labute approximate surface area is 187 Å². The van der Waals surface area contributed by atoms with Crippen molar-refractivity contribution in [3.8, 4) is 0 Å². The number of aliphatic imine (C=N–C) groups is 1. The van der Waals surface area contributed by atoms with Gasteiger partial charge in [0.2, 0.25) is 5.91 Å². The molecular formula is C21H38IN5O. The molecule has 0 aromatic carbocycles. The van der Waals surface area contributed by atoms with Gasteiger partial charge in [-0.05, 0) is 52.4 Å². The number of amides is 1. The molecule has 6 nitrogen and oxygen atoms in total. The van der Waals surface area contributed by atoms with Gasteiger partial charge >= 0.3 is 0 Å². The van der Waals surface area contributed by atoms with E-state index in [0.29, 0.717) is 5.91 Å². The molecule has 0 bridgehead atoms. The molecule has 3 aliphatic rings. The van der Waals surface area contributed by atoms with Gasteiger partial charge in [-0.25, -0.2) is 0 Å². The van der Waals surface area contributed by atoms with Crippen LogP contribution in [0.25, 0.3) is 0 Å². The van der Waals surface area contributed by atoms with Crippen LogP contribution in [0.2, 0.25) is 0 Å². The van der Waals surface area contributed by atoms with Crippen molar-refractivity contribution in [1.29, 1.82) is 0 Å². The van der Waals surface area contributed by atoms with E-state index in [2.05, 4.69) is 35.0 Å². The second-order valence-corrected chi connectivity index (χ2v) is 7.97. The van der Waals surface area contributed by atoms with Gasteiger partial charge in [0.05, 0.1) is 6.04 Å². The number of halogens is 1. The third kappa shape index (κ3) is 6.34. The Morgan fingerprint density at radius 1 is 1.11 bits per heavy atom. The maximum Gasteiger partial charge on any atom is 0.239 e. The lowest BCUT2D eigenvalue weighted by molar-refractivity contribution is -0.135. The van der Waals surface area contributed by atoms with Crippen molar-refractivity contribution >= 4 is 35.8 Å². The predicted molar refractivity (Wildman–Crippen MR) is 126 cm³/mol. The number of carbonyl (C=O) groups is 1. The van der Waals surface area contributed by atoms with Gasteiger partial charge in [-0.2, -0.15) is 0 Å². The smallest absolute Gasteiger partial charge is 0.239 e. The lowest BCUT2D eigenvalue weighted by Crippen LogP contribution is -2.57. The standard InChI is InChI=1S/C21H37N5O.HI/c1-3-22-21(23-11-10-19-8-4-5-9-19)26-16-14-24(15-17-26)18(2)20(27)25-12-6-7-13-25;/h8,18H,3-7,9-17H2,1-2H3,(H,22,23);1H. The summed E-state index contributed by atoms with van der Waals surface area (Å²) in [6, 6.07) is -0.000855. The molecule has 0 radical (unpaired) electrons. The maximum absolute atomic E-state index is 12.7. The first kappa shape index (κ1) is 23.4. The highest BCUT2D eigenvalue weighted by molar-refractivity contribution is 14.0. The number of likely N-dealkylation sites (tertiary alicyclic amines) is 1. The summed E-state index contributed by atoms with van der Waals surface area (Å²) in [7, 11) is 0. The molecule has 0 spiro atoms. The van der Waals surface area contributed by atoms with E-state index in [-0.39, 0.29) is 30.0 Å². The van der Waals surface area contributed by atoms with Crippen molar-refractivity contribution < 1.29 is 4.79 Å². The fourth-order valence-electron chi connectivity index (χ4n) is 4.37. The first-order chi connectivity index (χ1) is 13.2. The first-order valence-corrected chi connectivity index (χ1v) is 10.9. The number of hydrogen-bond donors (Lipinski definition) is 1. The van der Waals surface area contributed by atoms with E-state index in [0.717, 1.165) is 77.6 Å². The third-order valence-electron chi connectivity index (χ3n) is 6.10. The zero-order valence-corrected chi connectivity index (χ0v) is 20.0. The van der Waals surface area contributed by atoms with Crippen LogP contribution in [0.15, 0.2) is 16.6 Å². The van der Waals surface area contributed by atoms with Crippen molar-refractivity contribution in [1.82, 2.24) is 20.0 Å². The second-order valence-electron chi connectivity index (χ2n) is 7.97. The van der Waals surface area contributed by atoms with Crippen LogP contribution in [0.5, 0.6) is 0 Å². The summed E-state index contributed by atoms with van der Waals surface area (Å²) >= 11 is 0. The van der Waals surface area contributed by atoms with Gasteiger partial charge in [0.1, 0.15) is 0 Å². The normalized spacial score (nSPS) is 22.1. The molecule has 2 aliphatic heterocycles. The van der Waals surface area contributed by atoms with Crippen molar-refractivity contribution in [3.05, 3.63) is 11.6 Å². The minimum absolute atomic E-state index is 0. The van der Waals surface area contributed by atoms with E-state index < -0.39 is 0 Å². The Hall–Kier alpha value is -0.830. The van der Waals surface area contributed by atoms with E-state index in [1.54, 1.807) is 5.57 Å². The molecular weight excluding hydrogens is 465 g/mol. The van der Waals surface area contributed by atoms with Crippen LogP contribution < -0.4 is 5.32 Å². The second kappa shape index (κ2) is 12.0. The van der Waals surface area contributed by atoms with Crippen molar-refractivity contribution in [2.45, 2.75) is 58.4 Å². The number of guanidine groups is 1. The van der Waals surface area contributed by atoms with Crippen LogP contribution in [-0.4, -0.2) is 85.0 Å². The fraction of sp³-hybridized carbons (Fsp3) is 0.810. The lowest BCUT2D eigenvalue weighted by Gasteiger charge is -2.39. The number of allylic oxidation sites excluding steroid dienone is 1. The summed E-state index contributed by atoms with van der Waals surface area (Å²) in [5.41, 5.74) is 1.58.